The molecule has 1 amide bonds. The zero-order valence-electron chi connectivity index (χ0n) is 10.8. The van der Waals surface area contributed by atoms with E-state index in [-0.39, 0.29) is 19.0 Å². The van der Waals surface area contributed by atoms with Crippen molar-refractivity contribution in [3.05, 3.63) is 40.4 Å². The number of halogens is 1. The maximum atomic E-state index is 12.0. The third kappa shape index (κ3) is 3.84. The second kappa shape index (κ2) is 6.58. The van der Waals surface area contributed by atoms with Crippen molar-refractivity contribution in [1.82, 2.24) is 25.3 Å². The molecule has 7 nitrogen and oxygen atoms in total. The van der Waals surface area contributed by atoms with E-state index in [1.54, 1.807) is 18.3 Å². The lowest BCUT2D eigenvalue weighted by molar-refractivity contribution is 0.0894. The van der Waals surface area contributed by atoms with Gasteiger partial charge in [-0.3, -0.25) is 4.79 Å². The predicted molar refractivity (Wildman–Crippen MR) is 75.0 cm³/mol. The number of nitrogens with one attached hydrogen (secondary N) is 1. The first-order valence-corrected chi connectivity index (χ1v) is 6.79. The molecule has 0 bridgehead atoms. The lowest BCUT2D eigenvalue weighted by Crippen LogP contribution is -2.35. The number of hydrogen-bond donors (Lipinski definition) is 2. The van der Waals surface area contributed by atoms with Gasteiger partial charge < -0.3 is 10.4 Å². The van der Waals surface area contributed by atoms with E-state index in [0.717, 1.165) is 5.69 Å². The van der Waals surface area contributed by atoms with Crippen LogP contribution in [-0.2, 0) is 6.54 Å². The third-order valence-corrected chi connectivity index (χ3v) is 3.21. The normalized spacial score (nSPS) is 12.2. The van der Waals surface area contributed by atoms with E-state index in [1.807, 2.05) is 6.92 Å². The smallest absolute Gasteiger partial charge is 0.271 e. The van der Waals surface area contributed by atoms with Crippen molar-refractivity contribution in [2.24, 2.45) is 0 Å². The number of hydrogen-bond acceptors (Lipinski definition) is 5. The molecule has 2 heterocycles. The van der Waals surface area contributed by atoms with Crippen molar-refractivity contribution in [3.8, 4) is 0 Å². The summed E-state index contributed by atoms with van der Waals surface area (Å²) in [6, 6.07) is 3.57. The second-order valence-corrected chi connectivity index (χ2v) is 5.13. The highest BCUT2D eigenvalue weighted by molar-refractivity contribution is 9.10. The van der Waals surface area contributed by atoms with Crippen LogP contribution in [0.15, 0.2) is 29.0 Å². The van der Waals surface area contributed by atoms with Crippen LogP contribution in [0, 0.1) is 6.92 Å². The molecular formula is C12H14BrN5O2. The van der Waals surface area contributed by atoms with Crippen molar-refractivity contribution in [3.63, 3.8) is 0 Å². The summed E-state index contributed by atoms with van der Waals surface area (Å²) in [6.07, 6.45) is 2.42. The molecule has 2 N–H and O–H groups in total. The first-order chi connectivity index (χ1) is 9.56. The molecule has 0 aromatic carbocycles. The zero-order valence-corrected chi connectivity index (χ0v) is 12.4. The summed E-state index contributed by atoms with van der Waals surface area (Å²) >= 11 is 3.28. The maximum absolute atomic E-state index is 12.0. The Kier molecular flexibility index (Phi) is 4.80. The SMILES string of the molecule is Cc1ccc(Br)c(C(=O)NCC(O)Cn2ccnn2)n1. The van der Waals surface area contributed by atoms with Crippen molar-refractivity contribution >= 4 is 21.8 Å². The average molecular weight is 340 g/mol. The Balaban J connectivity index is 1.90. The molecule has 8 heteroatoms. The number of aliphatic hydroxyl groups excluding tert-OH is 1. The van der Waals surface area contributed by atoms with E-state index >= 15 is 0 Å². The van der Waals surface area contributed by atoms with Gasteiger partial charge in [-0.15, -0.1) is 5.10 Å². The molecule has 106 valence electrons. The van der Waals surface area contributed by atoms with Crippen LogP contribution in [-0.4, -0.2) is 43.6 Å². The highest BCUT2D eigenvalue weighted by Gasteiger charge is 2.14. The van der Waals surface area contributed by atoms with E-state index < -0.39 is 6.10 Å². The quantitative estimate of drug-likeness (QED) is 0.829. The van der Waals surface area contributed by atoms with Crippen LogP contribution in [0.2, 0.25) is 0 Å². The van der Waals surface area contributed by atoms with Gasteiger partial charge in [-0.05, 0) is 35.0 Å². The third-order valence-electron chi connectivity index (χ3n) is 2.57. The summed E-state index contributed by atoms with van der Waals surface area (Å²) in [6.45, 7) is 2.19. The minimum atomic E-state index is -0.746. The van der Waals surface area contributed by atoms with Crippen LogP contribution in [0.4, 0.5) is 0 Å². The molecule has 0 aliphatic heterocycles. The maximum Gasteiger partial charge on any atom is 0.271 e. The molecular weight excluding hydrogens is 326 g/mol. The van der Waals surface area contributed by atoms with Crippen LogP contribution in [0.25, 0.3) is 0 Å². The van der Waals surface area contributed by atoms with Gasteiger partial charge in [-0.2, -0.15) is 0 Å². The fourth-order valence-electron chi connectivity index (χ4n) is 1.60. The van der Waals surface area contributed by atoms with Crippen LogP contribution >= 0.6 is 15.9 Å². The van der Waals surface area contributed by atoms with Gasteiger partial charge >= 0.3 is 0 Å². The molecule has 0 saturated heterocycles. The number of carbonyl (C=O) groups is 1. The number of nitrogens with zero attached hydrogens (tertiary/aromatic N) is 4. The molecule has 0 radical (unpaired) electrons. The van der Waals surface area contributed by atoms with Crippen molar-refractivity contribution in [2.45, 2.75) is 19.6 Å². The minimum Gasteiger partial charge on any atom is -0.389 e. The number of amides is 1. The molecule has 2 aromatic rings. The van der Waals surface area contributed by atoms with Crippen LogP contribution in [0.3, 0.4) is 0 Å². The van der Waals surface area contributed by atoms with Crippen LogP contribution in [0.1, 0.15) is 16.2 Å². The van der Waals surface area contributed by atoms with E-state index in [0.29, 0.717) is 10.2 Å². The first-order valence-electron chi connectivity index (χ1n) is 6.00. The first kappa shape index (κ1) is 14.6. The lowest BCUT2D eigenvalue weighted by atomic mass is 10.3. The van der Waals surface area contributed by atoms with Gasteiger partial charge in [0.2, 0.25) is 0 Å². The highest BCUT2D eigenvalue weighted by atomic mass is 79.9. The Bertz CT molecular complexity index is 588. The topological polar surface area (TPSA) is 92.9 Å². The number of aryl methyl sites for hydroxylation is 1. The second-order valence-electron chi connectivity index (χ2n) is 4.27. The summed E-state index contributed by atoms with van der Waals surface area (Å²) in [4.78, 5) is 16.1. The van der Waals surface area contributed by atoms with E-state index in [2.05, 4.69) is 36.5 Å². The molecule has 0 spiro atoms. The van der Waals surface area contributed by atoms with E-state index in [9.17, 15) is 9.90 Å². The molecule has 2 aromatic heterocycles. The highest BCUT2D eigenvalue weighted by Crippen LogP contribution is 2.14. The van der Waals surface area contributed by atoms with Crippen molar-refractivity contribution in [2.75, 3.05) is 6.54 Å². The van der Waals surface area contributed by atoms with Gasteiger partial charge in [0.05, 0.1) is 18.8 Å². The summed E-state index contributed by atoms with van der Waals surface area (Å²) in [7, 11) is 0. The molecule has 0 aliphatic carbocycles. The van der Waals surface area contributed by atoms with Gasteiger partial charge in [-0.25, -0.2) is 9.67 Å². The van der Waals surface area contributed by atoms with Crippen LogP contribution < -0.4 is 5.32 Å². The number of carbonyl (C=O) groups excluding carboxylic acids is 1. The molecule has 2 rings (SSSR count). The Labute approximate surface area is 124 Å². The number of pyridine rings is 1. The van der Waals surface area contributed by atoms with Gasteiger partial charge in [0, 0.05) is 22.9 Å². The molecule has 0 saturated carbocycles. The predicted octanol–water partition coefficient (Wildman–Crippen LogP) is 0.535. The lowest BCUT2D eigenvalue weighted by Gasteiger charge is -2.12. The number of rotatable bonds is 5. The Hall–Kier alpha value is -1.80. The Morgan fingerprint density at radius 3 is 3.05 bits per heavy atom. The summed E-state index contributed by atoms with van der Waals surface area (Å²) in [5, 5.41) is 19.8. The average Bonchev–Trinajstić information content (AvgIpc) is 2.91. The number of aliphatic hydroxyl groups is 1. The molecule has 1 atom stereocenters. The Morgan fingerprint density at radius 1 is 1.55 bits per heavy atom. The fraction of sp³-hybridized carbons (Fsp3) is 0.333. The largest absolute Gasteiger partial charge is 0.389 e. The molecule has 0 aliphatic rings. The summed E-state index contributed by atoms with van der Waals surface area (Å²) in [5.74, 6) is -0.335. The number of aromatic nitrogens is 4. The monoisotopic (exact) mass is 339 g/mol. The van der Waals surface area contributed by atoms with E-state index in [4.69, 9.17) is 0 Å². The van der Waals surface area contributed by atoms with Crippen molar-refractivity contribution in [1.29, 1.82) is 0 Å². The van der Waals surface area contributed by atoms with Crippen LogP contribution in [0.5, 0.6) is 0 Å². The van der Waals surface area contributed by atoms with E-state index in [1.165, 1.54) is 10.9 Å². The minimum absolute atomic E-state index is 0.112. The van der Waals surface area contributed by atoms with Gasteiger partial charge in [0.15, 0.2) is 0 Å². The Morgan fingerprint density at radius 2 is 2.35 bits per heavy atom. The molecule has 1 unspecified atom stereocenters. The molecule has 20 heavy (non-hydrogen) atoms. The fourth-order valence-corrected chi connectivity index (χ4v) is 2.00. The summed E-state index contributed by atoms with van der Waals surface area (Å²) in [5.41, 5.74) is 1.06. The van der Waals surface area contributed by atoms with Gasteiger partial charge in [0.25, 0.3) is 5.91 Å². The van der Waals surface area contributed by atoms with Gasteiger partial charge in [0.1, 0.15) is 5.69 Å². The summed E-state index contributed by atoms with van der Waals surface area (Å²) < 4.78 is 2.11. The van der Waals surface area contributed by atoms with Gasteiger partial charge in [-0.1, -0.05) is 5.21 Å². The zero-order chi connectivity index (χ0) is 14.5. The standard InChI is InChI=1S/C12H14BrN5O2/c1-8-2-3-10(13)11(16-8)12(20)14-6-9(19)7-18-5-4-15-17-18/h2-5,9,19H,6-7H2,1H3,(H,14,20). The van der Waals surface area contributed by atoms with Crippen molar-refractivity contribution < 1.29 is 9.90 Å². The molecule has 0 fully saturated rings.